The first-order chi connectivity index (χ1) is 8.97. The third-order valence-corrected chi connectivity index (χ3v) is 3.75. The number of rotatable bonds is 5. The van der Waals surface area contributed by atoms with Gasteiger partial charge in [-0.25, -0.2) is 8.42 Å². The van der Waals surface area contributed by atoms with Gasteiger partial charge in [0.25, 0.3) is 0 Å². The normalized spacial score (nSPS) is 11.6. The Balaban J connectivity index is 2.18. The molecule has 1 aromatic heterocycles. The molecule has 0 radical (unpaired) electrons. The van der Waals surface area contributed by atoms with Crippen molar-refractivity contribution in [1.82, 2.24) is 9.97 Å². The van der Waals surface area contributed by atoms with Crippen LogP contribution in [0.15, 0.2) is 30.6 Å². The minimum absolute atomic E-state index is 0.0230. The summed E-state index contributed by atoms with van der Waals surface area (Å²) in [5.74, 6) is -0.0791. The van der Waals surface area contributed by atoms with E-state index in [2.05, 4.69) is 9.97 Å². The first-order valence-electron chi connectivity index (χ1n) is 5.88. The first kappa shape index (κ1) is 13.6. The molecular formula is C13H14N2O3S. The number of aromatic nitrogens is 2. The number of hydrogen-bond acceptors (Lipinski definition) is 5. The van der Waals surface area contributed by atoms with Crippen molar-refractivity contribution < 1.29 is 13.2 Å². The number of ketones is 1. The van der Waals surface area contributed by atoms with Gasteiger partial charge in [0.1, 0.15) is 9.84 Å². The summed E-state index contributed by atoms with van der Waals surface area (Å²) >= 11 is 0. The van der Waals surface area contributed by atoms with Crippen molar-refractivity contribution >= 4 is 26.7 Å². The van der Waals surface area contributed by atoms with Gasteiger partial charge in [-0.1, -0.05) is 6.07 Å². The highest BCUT2D eigenvalue weighted by atomic mass is 32.2. The standard InChI is InChI=1S/C13H14N2O3S/c1-19(17,18)9-3-6-12(16)10-4-2-5-11-13(10)15-8-7-14-11/h2,4-5,7-8H,3,6,9H2,1H3. The molecule has 1 heterocycles. The minimum atomic E-state index is -3.02. The van der Waals surface area contributed by atoms with Crippen LogP contribution < -0.4 is 0 Å². The second kappa shape index (κ2) is 5.44. The number of sulfone groups is 1. The van der Waals surface area contributed by atoms with Crippen LogP contribution in [0.2, 0.25) is 0 Å². The zero-order valence-electron chi connectivity index (χ0n) is 10.5. The summed E-state index contributed by atoms with van der Waals surface area (Å²) < 4.78 is 22.1. The summed E-state index contributed by atoms with van der Waals surface area (Å²) in [6, 6.07) is 5.23. The maximum absolute atomic E-state index is 12.1. The van der Waals surface area contributed by atoms with Gasteiger partial charge in [0.15, 0.2) is 5.78 Å². The molecule has 5 nitrogen and oxygen atoms in total. The molecule has 100 valence electrons. The molecular weight excluding hydrogens is 264 g/mol. The van der Waals surface area contributed by atoms with Crippen molar-refractivity contribution in [3.8, 4) is 0 Å². The molecule has 0 unspecified atom stereocenters. The summed E-state index contributed by atoms with van der Waals surface area (Å²) in [6.45, 7) is 0. The van der Waals surface area contributed by atoms with E-state index in [1.54, 1.807) is 24.4 Å². The molecule has 0 saturated carbocycles. The van der Waals surface area contributed by atoms with Gasteiger partial charge in [0, 0.05) is 30.6 Å². The molecule has 0 aliphatic rings. The zero-order valence-corrected chi connectivity index (χ0v) is 11.4. The quantitative estimate of drug-likeness (QED) is 0.777. The molecule has 0 fully saturated rings. The molecule has 0 atom stereocenters. The van der Waals surface area contributed by atoms with Crippen LogP contribution >= 0.6 is 0 Å². The molecule has 0 amide bonds. The molecule has 6 heteroatoms. The number of benzene rings is 1. The highest BCUT2D eigenvalue weighted by Gasteiger charge is 2.12. The smallest absolute Gasteiger partial charge is 0.165 e. The van der Waals surface area contributed by atoms with Gasteiger partial charge in [0.05, 0.1) is 16.8 Å². The minimum Gasteiger partial charge on any atom is -0.294 e. The lowest BCUT2D eigenvalue weighted by atomic mass is 10.1. The summed E-state index contributed by atoms with van der Waals surface area (Å²) in [7, 11) is -3.02. The monoisotopic (exact) mass is 278 g/mol. The van der Waals surface area contributed by atoms with E-state index in [4.69, 9.17) is 0 Å². The molecule has 0 aliphatic carbocycles. The average molecular weight is 278 g/mol. The fourth-order valence-corrected chi connectivity index (χ4v) is 2.52. The summed E-state index contributed by atoms with van der Waals surface area (Å²) in [5, 5.41) is 0. The van der Waals surface area contributed by atoms with Crippen LogP contribution in [0.25, 0.3) is 11.0 Å². The Kier molecular flexibility index (Phi) is 3.90. The predicted octanol–water partition coefficient (Wildman–Crippen LogP) is 1.64. The van der Waals surface area contributed by atoms with Gasteiger partial charge in [0.2, 0.25) is 0 Å². The van der Waals surface area contributed by atoms with Crippen LogP contribution in [0.5, 0.6) is 0 Å². The van der Waals surface area contributed by atoms with Gasteiger partial charge in [-0.05, 0) is 18.6 Å². The van der Waals surface area contributed by atoms with E-state index in [1.807, 2.05) is 0 Å². The highest BCUT2D eigenvalue weighted by molar-refractivity contribution is 7.90. The van der Waals surface area contributed by atoms with Crippen molar-refractivity contribution in [2.24, 2.45) is 0 Å². The third-order valence-electron chi connectivity index (χ3n) is 2.72. The summed E-state index contributed by atoms with van der Waals surface area (Å²) in [5.41, 5.74) is 1.73. The van der Waals surface area contributed by atoms with E-state index in [1.165, 1.54) is 12.5 Å². The van der Waals surface area contributed by atoms with Crippen LogP contribution in [0.3, 0.4) is 0 Å². The molecule has 0 N–H and O–H groups in total. The molecule has 0 spiro atoms. The molecule has 1 aromatic carbocycles. The van der Waals surface area contributed by atoms with Crippen LogP contribution in [0.1, 0.15) is 23.2 Å². The Morgan fingerprint density at radius 3 is 2.68 bits per heavy atom. The maximum atomic E-state index is 12.1. The molecule has 0 bridgehead atoms. The predicted molar refractivity (Wildman–Crippen MR) is 72.8 cm³/mol. The second-order valence-electron chi connectivity index (χ2n) is 4.39. The molecule has 0 saturated heterocycles. The fraction of sp³-hybridized carbons (Fsp3) is 0.308. The molecule has 2 aromatic rings. The number of para-hydroxylation sites is 1. The Morgan fingerprint density at radius 1 is 1.21 bits per heavy atom. The van der Waals surface area contributed by atoms with Crippen molar-refractivity contribution in [3.05, 3.63) is 36.2 Å². The molecule has 19 heavy (non-hydrogen) atoms. The van der Waals surface area contributed by atoms with Gasteiger partial charge in [-0.2, -0.15) is 0 Å². The van der Waals surface area contributed by atoms with E-state index in [9.17, 15) is 13.2 Å². The average Bonchev–Trinajstić information content (AvgIpc) is 2.36. The van der Waals surface area contributed by atoms with Crippen molar-refractivity contribution in [3.63, 3.8) is 0 Å². The summed E-state index contributed by atoms with van der Waals surface area (Å²) in [4.78, 5) is 20.4. The zero-order chi connectivity index (χ0) is 13.9. The van der Waals surface area contributed by atoms with E-state index in [0.717, 1.165) is 0 Å². The largest absolute Gasteiger partial charge is 0.294 e. The lowest BCUT2D eigenvalue weighted by Crippen LogP contribution is -2.07. The van der Waals surface area contributed by atoms with Crippen LogP contribution in [0, 0.1) is 0 Å². The van der Waals surface area contributed by atoms with E-state index in [-0.39, 0.29) is 18.0 Å². The van der Waals surface area contributed by atoms with E-state index >= 15 is 0 Å². The Hall–Kier alpha value is -1.82. The number of fused-ring (bicyclic) bond motifs is 1. The fourth-order valence-electron chi connectivity index (χ4n) is 1.85. The van der Waals surface area contributed by atoms with Crippen molar-refractivity contribution in [2.45, 2.75) is 12.8 Å². The number of carbonyl (C=O) groups is 1. The van der Waals surface area contributed by atoms with E-state index in [0.29, 0.717) is 23.0 Å². The Bertz CT molecular complexity index is 705. The summed E-state index contributed by atoms with van der Waals surface area (Å²) in [6.07, 6.45) is 4.80. The Morgan fingerprint density at radius 2 is 1.95 bits per heavy atom. The number of carbonyl (C=O) groups excluding carboxylic acids is 1. The van der Waals surface area contributed by atoms with Gasteiger partial charge < -0.3 is 0 Å². The lowest BCUT2D eigenvalue weighted by molar-refractivity contribution is 0.0983. The van der Waals surface area contributed by atoms with Gasteiger partial charge >= 0.3 is 0 Å². The maximum Gasteiger partial charge on any atom is 0.165 e. The number of hydrogen-bond donors (Lipinski definition) is 0. The number of nitrogens with zero attached hydrogens (tertiary/aromatic N) is 2. The van der Waals surface area contributed by atoms with Gasteiger partial charge in [-0.3, -0.25) is 14.8 Å². The van der Waals surface area contributed by atoms with Crippen LogP contribution in [-0.4, -0.2) is 36.2 Å². The SMILES string of the molecule is CS(=O)(=O)CCCC(=O)c1cccc2nccnc12. The van der Waals surface area contributed by atoms with Gasteiger partial charge in [-0.15, -0.1) is 0 Å². The number of Topliss-reactive ketones (excluding diaryl/α,β-unsaturated/α-hetero) is 1. The third kappa shape index (κ3) is 3.57. The second-order valence-corrected chi connectivity index (χ2v) is 6.65. The Labute approximate surface area is 111 Å². The molecule has 2 rings (SSSR count). The highest BCUT2D eigenvalue weighted by Crippen LogP contribution is 2.16. The van der Waals surface area contributed by atoms with Crippen LogP contribution in [0.4, 0.5) is 0 Å². The first-order valence-corrected chi connectivity index (χ1v) is 7.94. The van der Waals surface area contributed by atoms with E-state index < -0.39 is 9.84 Å². The lowest BCUT2D eigenvalue weighted by Gasteiger charge is -2.04. The molecule has 0 aliphatic heterocycles. The van der Waals surface area contributed by atoms with Crippen molar-refractivity contribution in [2.75, 3.05) is 12.0 Å². The topological polar surface area (TPSA) is 77.0 Å². The van der Waals surface area contributed by atoms with Crippen molar-refractivity contribution in [1.29, 1.82) is 0 Å². The van der Waals surface area contributed by atoms with Crippen LogP contribution in [-0.2, 0) is 9.84 Å².